The van der Waals surface area contributed by atoms with Crippen LogP contribution in [0.5, 0.6) is 0 Å². The highest BCUT2D eigenvalue weighted by Gasteiger charge is 2.27. The SMILES string of the molecule is Cc1nn(C)c(CC(C)(O)c2cccnc2)c1Cl. The summed E-state index contributed by atoms with van der Waals surface area (Å²) in [6, 6.07) is 3.66. The van der Waals surface area contributed by atoms with Crippen molar-refractivity contribution in [3.8, 4) is 0 Å². The first-order valence-electron chi connectivity index (χ1n) is 5.72. The van der Waals surface area contributed by atoms with Crippen molar-refractivity contribution in [3.05, 3.63) is 46.5 Å². The molecule has 0 fully saturated rings. The standard InChI is InChI=1S/C13H16ClN3O/c1-9-12(14)11(17(3)16-9)7-13(2,18)10-5-4-6-15-8-10/h4-6,8,18H,7H2,1-3H3. The molecule has 0 aromatic carbocycles. The normalized spacial score (nSPS) is 14.5. The van der Waals surface area contributed by atoms with Gasteiger partial charge in [0, 0.05) is 31.4 Å². The summed E-state index contributed by atoms with van der Waals surface area (Å²) in [6.45, 7) is 3.60. The Morgan fingerprint density at radius 3 is 2.72 bits per heavy atom. The molecule has 0 bridgehead atoms. The van der Waals surface area contributed by atoms with Crippen LogP contribution in [0.4, 0.5) is 0 Å². The van der Waals surface area contributed by atoms with E-state index in [9.17, 15) is 5.11 Å². The van der Waals surface area contributed by atoms with E-state index < -0.39 is 5.60 Å². The fourth-order valence-corrected chi connectivity index (χ4v) is 2.21. The van der Waals surface area contributed by atoms with Crippen LogP contribution in [0, 0.1) is 6.92 Å². The van der Waals surface area contributed by atoms with E-state index in [2.05, 4.69) is 10.1 Å². The second-order valence-corrected chi connectivity index (χ2v) is 5.04. The predicted molar refractivity (Wildman–Crippen MR) is 70.5 cm³/mol. The molecular formula is C13H16ClN3O. The van der Waals surface area contributed by atoms with Crippen molar-refractivity contribution in [3.63, 3.8) is 0 Å². The van der Waals surface area contributed by atoms with E-state index in [4.69, 9.17) is 11.6 Å². The van der Waals surface area contributed by atoms with E-state index in [1.807, 2.05) is 20.0 Å². The third-order valence-electron chi connectivity index (χ3n) is 3.06. The van der Waals surface area contributed by atoms with Gasteiger partial charge in [0.05, 0.1) is 22.0 Å². The summed E-state index contributed by atoms with van der Waals surface area (Å²) < 4.78 is 1.71. The Labute approximate surface area is 111 Å². The van der Waals surface area contributed by atoms with Crippen molar-refractivity contribution < 1.29 is 5.11 Å². The number of aliphatic hydroxyl groups is 1. The predicted octanol–water partition coefficient (Wildman–Crippen LogP) is 2.23. The number of rotatable bonds is 3. The molecule has 1 unspecified atom stereocenters. The first kappa shape index (κ1) is 13.1. The van der Waals surface area contributed by atoms with Crippen LogP contribution in [0.15, 0.2) is 24.5 Å². The minimum absolute atomic E-state index is 0.398. The van der Waals surface area contributed by atoms with Crippen molar-refractivity contribution >= 4 is 11.6 Å². The summed E-state index contributed by atoms with van der Waals surface area (Å²) in [7, 11) is 1.83. The Morgan fingerprint density at radius 1 is 1.50 bits per heavy atom. The number of nitrogens with zero attached hydrogens (tertiary/aromatic N) is 3. The summed E-state index contributed by atoms with van der Waals surface area (Å²) in [4.78, 5) is 4.03. The third-order valence-corrected chi connectivity index (χ3v) is 3.55. The van der Waals surface area contributed by atoms with Crippen molar-refractivity contribution in [1.82, 2.24) is 14.8 Å². The maximum atomic E-state index is 10.6. The molecule has 5 heteroatoms. The summed E-state index contributed by atoms with van der Waals surface area (Å²) in [5, 5.41) is 15.4. The molecule has 2 aromatic rings. The van der Waals surface area contributed by atoms with Crippen LogP contribution in [0.25, 0.3) is 0 Å². The maximum Gasteiger partial charge on any atom is 0.0939 e. The monoisotopic (exact) mass is 265 g/mol. The van der Waals surface area contributed by atoms with Crippen molar-refractivity contribution in [2.24, 2.45) is 7.05 Å². The quantitative estimate of drug-likeness (QED) is 0.926. The lowest BCUT2D eigenvalue weighted by molar-refractivity contribution is 0.0553. The number of aromatic nitrogens is 3. The number of aryl methyl sites for hydroxylation is 2. The second kappa shape index (κ2) is 4.71. The molecule has 96 valence electrons. The fourth-order valence-electron chi connectivity index (χ4n) is 1.98. The molecule has 0 spiro atoms. The first-order valence-corrected chi connectivity index (χ1v) is 6.10. The average Bonchev–Trinajstić information content (AvgIpc) is 2.57. The van der Waals surface area contributed by atoms with Crippen LogP contribution in [0.2, 0.25) is 5.02 Å². The molecule has 0 amide bonds. The zero-order valence-electron chi connectivity index (χ0n) is 10.7. The van der Waals surface area contributed by atoms with Crippen LogP contribution in [-0.4, -0.2) is 19.9 Å². The van der Waals surface area contributed by atoms with Gasteiger partial charge in [0.15, 0.2) is 0 Å². The largest absolute Gasteiger partial charge is 0.385 e. The van der Waals surface area contributed by atoms with Gasteiger partial charge in [0.25, 0.3) is 0 Å². The van der Waals surface area contributed by atoms with Gasteiger partial charge in [-0.25, -0.2) is 0 Å². The van der Waals surface area contributed by atoms with Gasteiger partial charge in [0.1, 0.15) is 0 Å². The molecule has 0 aliphatic carbocycles. The Balaban J connectivity index is 2.33. The van der Waals surface area contributed by atoms with E-state index in [1.54, 1.807) is 30.1 Å². The van der Waals surface area contributed by atoms with Crippen LogP contribution in [0.3, 0.4) is 0 Å². The molecule has 0 saturated carbocycles. The molecule has 0 aliphatic heterocycles. The fraction of sp³-hybridized carbons (Fsp3) is 0.385. The molecule has 4 nitrogen and oxygen atoms in total. The molecule has 0 saturated heterocycles. The number of halogens is 1. The van der Waals surface area contributed by atoms with Gasteiger partial charge in [-0.05, 0) is 19.9 Å². The summed E-state index contributed by atoms with van der Waals surface area (Å²) in [5.41, 5.74) is 1.34. The van der Waals surface area contributed by atoms with Gasteiger partial charge in [-0.15, -0.1) is 0 Å². The topological polar surface area (TPSA) is 50.9 Å². The van der Waals surface area contributed by atoms with E-state index in [-0.39, 0.29) is 0 Å². The Kier molecular flexibility index (Phi) is 3.41. The van der Waals surface area contributed by atoms with E-state index in [0.717, 1.165) is 17.0 Å². The Hall–Kier alpha value is -1.39. The highest BCUT2D eigenvalue weighted by atomic mass is 35.5. The number of hydrogen-bond donors (Lipinski definition) is 1. The van der Waals surface area contributed by atoms with Gasteiger partial charge in [0.2, 0.25) is 0 Å². The summed E-state index contributed by atoms with van der Waals surface area (Å²) >= 11 is 6.20. The highest BCUT2D eigenvalue weighted by molar-refractivity contribution is 6.31. The maximum absolute atomic E-state index is 10.6. The lowest BCUT2D eigenvalue weighted by Crippen LogP contribution is -2.25. The summed E-state index contributed by atoms with van der Waals surface area (Å²) in [5.74, 6) is 0. The smallest absolute Gasteiger partial charge is 0.0939 e. The lowest BCUT2D eigenvalue weighted by Gasteiger charge is -2.23. The van der Waals surface area contributed by atoms with E-state index in [0.29, 0.717) is 11.4 Å². The molecule has 1 atom stereocenters. The third kappa shape index (κ3) is 2.40. The average molecular weight is 266 g/mol. The van der Waals surface area contributed by atoms with Gasteiger partial charge in [-0.1, -0.05) is 17.7 Å². The van der Waals surface area contributed by atoms with Crippen LogP contribution >= 0.6 is 11.6 Å². The first-order chi connectivity index (χ1) is 8.42. The zero-order chi connectivity index (χ0) is 13.3. The summed E-state index contributed by atoms with van der Waals surface area (Å²) in [6.07, 6.45) is 3.74. The van der Waals surface area contributed by atoms with Crippen molar-refractivity contribution in [2.75, 3.05) is 0 Å². The molecule has 2 rings (SSSR count). The second-order valence-electron chi connectivity index (χ2n) is 4.66. The molecular weight excluding hydrogens is 250 g/mol. The minimum Gasteiger partial charge on any atom is -0.385 e. The van der Waals surface area contributed by atoms with Crippen LogP contribution < -0.4 is 0 Å². The minimum atomic E-state index is -1.02. The Morgan fingerprint density at radius 2 is 2.22 bits per heavy atom. The lowest BCUT2D eigenvalue weighted by atomic mass is 9.92. The zero-order valence-corrected chi connectivity index (χ0v) is 11.4. The molecule has 2 heterocycles. The van der Waals surface area contributed by atoms with E-state index in [1.165, 1.54) is 0 Å². The molecule has 2 aromatic heterocycles. The number of pyridine rings is 1. The van der Waals surface area contributed by atoms with Crippen LogP contribution in [0.1, 0.15) is 23.9 Å². The Bertz CT molecular complexity index is 549. The number of hydrogen-bond acceptors (Lipinski definition) is 3. The van der Waals surface area contributed by atoms with Crippen molar-refractivity contribution in [1.29, 1.82) is 0 Å². The van der Waals surface area contributed by atoms with Gasteiger partial charge in [-0.2, -0.15) is 5.10 Å². The molecule has 0 aliphatic rings. The highest BCUT2D eigenvalue weighted by Crippen LogP contribution is 2.29. The molecule has 0 radical (unpaired) electrons. The van der Waals surface area contributed by atoms with Crippen LogP contribution in [-0.2, 0) is 19.1 Å². The van der Waals surface area contributed by atoms with Gasteiger partial charge >= 0.3 is 0 Å². The molecule has 18 heavy (non-hydrogen) atoms. The van der Waals surface area contributed by atoms with Gasteiger partial charge < -0.3 is 5.11 Å². The van der Waals surface area contributed by atoms with Gasteiger partial charge in [-0.3, -0.25) is 9.67 Å². The molecule has 1 N–H and O–H groups in total. The van der Waals surface area contributed by atoms with E-state index >= 15 is 0 Å². The van der Waals surface area contributed by atoms with Crippen molar-refractivity contribution in [2.45, 2.75) is 25.9 Å².